The van der Waals surface area contributed by atoms with Gasteiger partial charge in [0.25, 0.3) is 0 Å². The number of hydrogen-bond acceptors (Lipinski definition) is 1. The van der Waals surface area contributed by atoms with Gasteiger partial charge in [0.15, 0.2) is 0 Å². The highest BCUT2D eigenvalue weighted by Crippen LogP contribution is 2.33. The summed E-state index contributed by atoms with van der Waals surface area (Å²) in [4.78, 5) is 10.9. The molecule has 94 valence electrons. The average molecular weight is 234 g/mol. The third-order valence-electron chi connectivity index (χ3n) is 2.83. The lowest BCUT2D eigenvalue weighted by atomic mass is 9.80. The summed E-state index contributed by atoms with van der Waals surface area (Å²) in [5, 5.41) is 9.00. The van der Waals surface area contributed by atoms with Crippen molar-refractivity contribution >= 4 is 5.97 Å². The first-order valence-corrected chi connectivity index (χ1v) is 6.06. The molecule has 0 saturated heterocycles. The van der Waals surface area contributed by atoms with Crippen molar-refractivity contribution in [3.05, 3.63) is 35.4 Å². The molecule has 0 radical (unpaired) electrons. The van der Waals surface area contributed by atoms with E-state index in [1.807, 2.05) is 19.1 Å². The van der Waals surface area contributed by atoms with E-state index in [0.717, 1.165) is 12.0 Å². The molecule has 1 aromatic carbocycles. The first kappa shape index (κ1) is 13.8. The number of carboxylic acids is 1. The van der Waals surface area contributed by atoms with Crippen molar-refractivity contribution in [2.75, 3.05) is 0 Å². The maximum atomic E-state index is 10.9. The second-order valence-electron chi connectivity index (χ2n) is 5.97. The SMILES string of the molecule is Cc1ccc(C(CC(=O)O)CC(C)(C)C)cc1. The Hall–Kier alpha value is -1.31. The molecule has 1 aromatic rings. The van der Waals surface area contributed by atoms with E-state index < -0.39 is 5.97 Å². The van der Waals surface area contributed by atoms with E-state index in [1.54, 1.807) is 0 Å². The van der Waals surface area contributed by atoms with Gasteiger partial charge in [0.05, 0.1) is 6.42 Å². The Morgan fingerprint density at radius 3 is 2.18 bits per heavy atom. The molecule has 0 spiro atoms. The molecule has 0 amide bonds. The van der Waals surface area contributed by atoms with E-state index in [-0.39, 0.29) is 17.8 Å². The minimum absolute atomic E-state index is 0.105. The topological polar surface area (TPSA) is 37.3 Å². The number of carbonyl (C=O) groups is 1. The van der Waals surface area contributed by atoms with Crippen molar-refractivity contribution in [1.29, 1.82) is 0 Å². The van der Waals surface area contributed by atoms with Gasteiger partial charge in [-0.25, -0.2) is 0 Å². The van der Waals surface area contributed by atoms with Gasteiger partial charge < -0.3 is 5.11 Å². The van der Waals surface area contributed by atoms with Crippen LogP contribution in [-0.4, -0.2) is 11.1 Å². The fourth-order valence-corrected chi connectivity index (χ4v) is 2.10. The van der Waals surface area contributed by atoms with Crippen LogP contribution in [-0.2, 0) is 4.79 Å². The zero-order valence-corrected chi connectivity index (χ0v) is 11.2. The molecule has 0 aliphatic carbocycles. The summed E-state index contributed by atoms with van der Waals surface area (Å²) in [5.74, 6) is -0.618. The van der Waals surface area contributed by atoms with Crippen molar-refractivity contribution in [2.45, 2.75) is 46.5 Å². The first-order chi connectivity index (χ1) is 7.78. The molecular formula is C15H22O2. The van der Waals surface area contributed by atoms with Gasteiger partial charge in [-0.2, -0.15) is 0 Å². The number of aryl methyl sites for hydroxylation is 1. The van der Waals surface area contributed by atoms with Gasteiger partial charge in [0.2, 0.25) is 0 Å². The third-order valence-corrected chi connectivity index (χ3v) is 2.83. The molecule has 0 fully saturated rings. The maximum absolute atomic E-state index is 10.9. The fourth-order valence-electron chi connectivity index (χ4n) is 2.10. The Balaban J connectivity index is 2.89. The quantitative estimate of drug-likeness (QED) is 0.855. The van der Waals surface area contributed by atoms with Crippen molar-refractivity contribution in [1.82, 2.24) is 0 Å². The summed E-state index contributed by atoms with van der Waals surface area (Å²) < 4.78 is 0. The lowest BCUT2D eigenvalue weighted by Gasteiger charge is -2.25. The van der Waals surface area contributed by atoms with Gasteiger partial charge in [-0.05, 0) is 30.2 Å². The Kier molecular flexibility index (Phi) is 4.33. The molecule has 2 nitrogen and oxygen atoms in total. The molecule has 1 unspecified atom stereocenters. The Bertz CT molecular complexity index is 371. The summed E-state index contributed by atoms with van der Waals surface area (Å²) in [7, 11) is 0. The van der Waals surface area contributed by atoms with Crippen LogP contribution in [0.4, 0.5) is 0 Å². The largest absolute Gasteiger partial charge is 0.481 e. The van der Waals surface area contributed by atoms with Crippen LogP contribution < -0.4 is 0 Å². The van der Waals surface area contributed by atoms with Gasteiger partial charge in [-0.3, -0.25) is 4.79 Å². The van der Waals surface area contributed by atoms with Crippen molar-refractivity contribution in [3.63, 3.8) is 0 Å². The maximum Gasteiger partial charge on any atom is 0.303 e. The van der Waals surface area contributed by atoms with E-state index in [2.05, 4.69) is 32.9 Å². The van der Waals surface area contributed by atoms with Gasteiger partial charge >= 0.3 is 5.97 Å². The summed E-state index contributed by atoms with van der Waals surface area (Å²) in [5.41, 5.74) is 2.48. The number of benzene rings is 1. The Labute approximate surface area is 104 Å². The monoisotopic (exact) mass is 234 g/mol. The van der Waals surface area contributed by atoms with Crippen LogP contribution in [0.2, 0.25) is 0 Å². The molecule has 0 heterocycles. The second kappa shape index (κ2) is 5.35. The third kappa shape index (κ3) is 5.03. The van der Waals surface area contributed by atoms with Crippen LogP contribution in [0.25, 0.3) is 0 Å². The minimum atomic E-state index is -0.722. The number of carboxylic acid groups (broad SMARTS) is 1. The van der Waals surface area contributed by atoms with E-state index in [9.17, 15) is 4.79 Å². The highest BCUT2D eigenvalue weighted by atomic mass is 16.4. The fraction of sp³-hybridized carbons (Fsp3) is 0.533. The van der Waals surface area contributed by atoms with Crippen LogP contribution in [0.3, 0.4) is 0 Å². The predicted molar refractivity (Wildman–Crippen MR) is 70.2 cm³/mol. The highest BCUT2D eigenvalue weighted by molar-refractivity contribution is 5.68. The molecule has 2 heteroatoms. The molecular weight excluding hydrogens is 212 g/mol. The van der Waals surface area contributed by atoms with Crippen LogP contribution in [0.1, 0.15) is 50.7 Å². The minimum Gasteiger partial charge on any atom is -0.481 e. The van der Waals surface area contributed by atoms with Gasteiger partial charge in [-0.1, -0.05) is 50.6 Å². The number of aliphatic carboxylic acids is 1. The summed E-state index contributed by atoms with van der Waals surface area (Å²) >= 11 is 0. The summed E-state index contributed by atoms with van der Waals surface area (Å²) in [6, 6.07) is 8.20. The van der Waals surface area contributed by atoms with E-state index in [4.69, 9.17) is 5.11 Å². The molecule has 0 aliphatic rings. The van der Waals surface area contributed by atoms with Gasteiger partial charge in [0.1, 0.15) is 0 Å². The molecule has 1 N–H and O–H groups in total. The summed E-state index contributed by atoms with van der Waals surface area (Å²) in [6.07, 6.45) is 1.10. The molecule has 1 atom stereocenters. The zero-order valence-electron chi connectivity index (χ0n) is 11.2. The molecule has 17 heavy (non-hydrogen) atoms. The van der Waals surface area contributed by atoms with Gasteiger partial charge in [0, 0.05) is 0 Å². The Morgan fingerprint density at radius 2 is 1.76 bits per heavy atom. The lowest BCUT2D eigenvalue weighted by molar-refractivity contribution is -0.137. The summed E-state index contributed by atoms with van der Waals surface area (Å²) in [6.45, 7) is 8.49. The molecule has 0 aromatic heterocycles. The smallest absolute Gasteiger partial charge is 0.303 e. The predicted octanol–water partition coefficient (Wildman–Crippen LogP) is 3.99. The van der Waals surface area contributed by atoms with Crippen LogP contribution in [0, 0.1) is 12.3 Å². The molecule has 1 rings (SSSR count). The molecule has 0 bridgehead atoms. The average Bonchev–Trinajstić information content (AvgIpc) is 2.14. The normalized spacial score (nSPS) is 13.4. The number of rotatable bonds is 4. The highest BCUT2D eigenvalue weighted by Gasteiger charge is 2.22. The lowest BCUT2D eigenvalue weighted by Crippen LogP contribution is -2.15. The second-order valence-corrected chi connectivity index (χ2v) is 5.97. The Morgan fingerprint density at radius 1 is 1.24 bits per heavy atom. The molecule has 0 aliphatic heterocycles. The number of hydrogen-bond donors (Lipinski definition) is 1. The van der Waals surface area contributed by atoms with Gasteiger partial charge in [-0.15, -0.1) is 0 Å². The standard InChI is InChI=1S/C15H22O2/c1-11-5-7-12(8-6-11)13(9-14(16)17)10-15(2,3)4/h5-8,13H,9-10H2,1-4H3,(H,16,17). The zero-order chi connectivity index (χ0) is 13.1. The van der Waals surface area contributed by atoms with Crippen molar-refractivity contribution < 1.29 is 9.90 Å². The van der Waals surface area contributed by atoms with Crippen LogP contribution in [0.5, 0.6) is 0 Å². The van der Waals surface area contributed by atoms with E-state index in [1.165, 1.54) is 5.56 Å². The first-order valence-electron chi connectivity index (χ1n) is 6.06. The van der Waals surface area contributed by atoms with Crippen LogP contribution in [0.15, 0.2) is 24.3 Å². The molecule has 0 saturated carbocycles. The van der Waals surface area contributed by atoms with Crippen LogP contribution >= 0.6 is 0 Å². The van der Waals surface area contributed by atoms with Crippen molar-refractivity contribution in [2.24, 2.45) is 5.41 Å². The van der Waals surface area contributed by atoms with E-state index in [0.29, 0.717) is 0 Å². The van der Waals surface area contributed by atoms with Crippen molar-refractivity contribution in [3.8, 4) is 0 Å². The van der Waals surface area contributed by atoms with E-state index >= 15 is 0 Å².